The van der Waals surface area contributed by atoms with Crippen LogP contribution in [-0.4, -0.2) is 11.3 Å². The molecule has 0 heterocycles. The lowest BCUT2D eigenvalue weighted by Crippen LogP contribution is -2.09. The molecule has 0 aliphatic rings. The van der Waals surface area contributed by atoms with Crippen molar-refractivity contribution in [3.05, 3.63) is 11.8 Å². The van der Waals surface area contributed by atoms with Crippen molar-refractivity contribution in [2.75, 3.05) is 0 Å². The van der Waals surface area contributed by atoms with Gasteiger partial charge in [-0.1, -0.05) is 20.8 Å². The molecule has 0 aromatic heterocycles. The van der Waals surface area contributed by atoms with Crippen LogP contribution >= 0.6 is 0 Å². The maximum Gasteiger partial charge on any atom is 0.0844 e. The topological polar surface area (TPSA) is 44.1 Å². The van der Waals surface area contributed by atoms with Crippen LogP contribution in [0.2, 0.25) is 0 Å². The number of aliphatic hydroxyl groups excluding tert-OH is 1. The van der Waals surface area contributed by atoms with Gasteiger partial charge >= 0.3 is 0 Å². The largest absolute Gasteiger partial charge is 0.515 e. The van der Waals surface area contributed by atoms with E-state index in [2.05, 4.69) is 0 Å². The molecule has 0 aromatic carbocycles. The van der Waals surface area contributed by atoms with Crippen molar-refractivity contribution in [1.82, 2.24) is 0 Å². The molecular weight excluding hydrogens is 114 g/mol. The first kappa shape index (κ1) is 8.21. The van der Waals surface area contributed by atoms with E-state index in [4.69, 9.17) is 10.5 Å². The molecule has 2 nitrogen and oxygen atoms in total. The number of aliphatic hydroxyl groups is 1. The van der Waals surface area contributed by atoms with Crippen molar-refractivity contribution in [2.45, 2.75) is 20.8 Å². The number of hydrogen-bond donors (Lipinski definition) is 2. The minimum Gasteiger partial charge on any atom is -0.515 e. The standard InChI is InChI=1S/C7H13NO/c1-7(2,3)6(4-8)5-9/h4-5,8-9H,1-3H3/b6-5+,8-4?. The highest BCUT2D eigenvalue weighted by molar-refractivity contribution is 5.76. The van der Waals surface area contributed by atoms with Gasteiger partial charge in [0.15, 0.2) is 0 Å². The fourth-order valence-electron chi connectivity index (χ4n) is 0.447. The van der Waals surface area contributed by atoms with Crippen molar-refractivity contribution in [3.63, 3.8) is 0 Å². The lowest BCUT2D eigenvalue weighted by molar-refractivity contribution is 0.437. The van der Waals surface area contributed by atoms with Gasteiger partial charge in [-0.25, -0.2) is 0 Å². The maximum absolute atomic E-state index is 8.55. The Kier molecular flexibility index (Phi) is 2.43. The Morgan fingerprint density at radius 1 is 1.44 bits per heavy atom. The van der Waals surface area contributed by atoms with Gasteiger partial charge in [0.05, 0.1) is 6.26 Å². The zero-order valence-corrected chi connectivity index (χ0v) is 6.10. The van der Waals surface area contributed by atoms with Gasteiger partial charge in [-0.15, -0.1) is 0 Å². The molecule has 0 unspecified atom stereocenters. The van der Waals surface area contributed by atoms with Crippen molar-refractivity contribution in [3.8, 4) is 0 Å². The summed E-state index contributed by atoms with van der Waals surface area (Å²) in [5.41, 5.74) is 0.527. The second-order valence-electron chi connectivity index (χ2n) is 2.98. The minimum atomic E-state index is -0.115. The second-order valence-corrected chi connectivity index (χ2v) is 2.98. The lowest BCUT2D eigenvalue weighted by Gasteiger charge is -2.17. The molecule has 0 saturated heterocycles. The highest BCUT2D eigenvalue weighted by Gasteiger charge is 2.14. The Bertz CT molecular complexity index is 130. The van der Waals surface area contributed by atoms with E-state index in [0.29, 0.717) is 5.57 Å². The van der Waals surface area contributed by atoms with Crippen molar-refractivity contribution >= 4 is 6.21 Å². The Hall–Kier alpha value is -0.790. The van der Waals surface area contributed by atoms with Crippen LogP contribution in [0.4, 0.5) is 0 Å². The van der Waals surface area contributed by atoms with Crippen molar-refractivity contribution in [1.29, 1.82) is 5.41 Å². The first-order chi connectivity index (χ1) is 4.02. The van der Waals surface area contributed by atoms with E-state index in [0.717, 1.165) is 6.26 Å². The van der Waals surface area contributed by atoms with Gasteiger partial charge in [-0.2, -0.15) is 0 Å². The Morgan fingerprint density at radius 3 is 1.89 bits per heavy atom. The summed E-state index contributed by atoms with van der Waals surface area (Å²) in [6.45, 7) is 5.83. The normalized spacial score (nSPS) is 13.4. The molecule has 0 bridgehead atoms. The number of rotatable bonds is 1. The summed E-state index contributed by atoms with van der Waals surface area (Å²) >= 11 is 0. The minimum absolute atomic E-state index is 0.115. The molecule has 9 heavy (non-hydrogen) atoms. The van der Waals surface area contributed by atoms with E-state index in [1.165, 1.54) is 6.21 Å². The van der Waals surface area contributed by atoms with E-state index in [-0.39, 0.29) is 5.41 Å². The van der Waals surface area contributed by atoms with Gasteiger partial charge in [0.1, 0.15) is 0 Å². The summed E-state index contributed by atoms with van der Waals surface area (Å²) in [6, 6.07) is 0. The third-order valence-electron chi connectivity index (χ3n) is 1.16. The maximum atomic E-state index is 8.55. The predicted octanol–water partition coefficient (Wildman–Crippen LogP) is 2.12. The van der Waals surface area contributed by atoms with Crippen LogP contribution < -0.4 is 0 Å². The second kappa shape index (κ2) is 2.67. The monoisotopic (exact) mass is 127 g/mol. The summed E-state index contributed by atoms with van der Waals surface area (Å²) in [5.74, 6) is 0. The van der Waals surface area contributed by atoms with Crippen LogP contribution in [0.15, 0.2) is 11.8 Å². The molecule has 0 rings (SSSR count). The van der Waals surface area contributed by atoms with Gasteiger partial charge in [-0.05, 0) is 5.41 Å². The zero-order chi connectivity index (χ0) is 7.49. The Labute approximate surface area is 55.7 Å². The van der Waals surface area contributed by atoms with Gasteiger partial charge < -0.3 is 10.5 Å². The average molecular weight is 127 g/mol. The van der Waals surface area contributed by atoms with Crippen LogP contribution in [0, 0.1) is 10.8 Å². The molecule has 0 aliphatic heterocycles. The molecule has 0 aromatic rings. The molecule has 0 radical (unpaired) electrons. The fraction of sp³-hybridized carbons (Fsp3) is 0.571. The summed E-state index contributed by atoms with van der Waals surface area (Å²) in [6.07, 6.45) is 2.15. The SMILES string of the molecule is CC(C)(C)/C(C=N)=C/O. The van der Waals surface area contributed by atoms with Crippen molar-refractivity contribution < 1.29 is 5.11 Å². The first-order valence-electron chi connectivity index (χ1n) is 2.87. The molecule has 0 fully saturated rings. The van der Waals surface area contributed by atoms with Gasteiger partial charge in [-0.3, -0.25) is 0 Å². The van der Waals surface area contributed by atoms with E-state index >= 15 is 0 Å². The van der Waals surface area contributed by atoms with Gasteiger partial charge in [0.2, 0.25) is 0 Å². The van der Waals surface area contributed by atoms with E-state index in [9.17, 15) is 0 Å². The molecule has 0 spiro atoms. The number of allylic oxidation sites excluding steroid dienone is 1. The summed E-state index contributed by atoms with van der Waals surface area (Å²) in [7, 11) is 0. The lowest BCUT2D eigenvalue weighted by atomic mass is 9.88. The van der Waals surface area contributed by atoms with E-state index in [1.807, 2.05) is 20.8 Å². The Morgan fingerprint density at radius 2 is 1.89 bits per heavy atom. The quantitative estimate of drug-likeness (QED) is 0.411. The first-order valence-corrected chi connectivity index (χ1v) is 2.87. The highest BCUT2D eigenvalue weighted by atomic mass is 16.2. The predicted molar refractivity (Wildman–Crippen MR) is 39.0 cm³/mol. The van der Waals surface area contributed by atoms with Crippen LogP contribution in [0.25, 0.3) is 0 Å². The molecular formula is C7H13NO. The third-order valence-corrected chi connectivity index (χ3v) is 1.16. The number of hydrogen-bond acceptors (Lipinski definition) is 2. The summed E-state index contributed by atoms with van der Waals surface area (Å²) in [4.78, 5) is 0. The smallest absolute Gasteiger partial charge is 0.0844 e. The molecule has 0 amide bonds. The average Bonchev–Trinajstić information content (AvgIpc) is 1.65. The van der Waals surface area contributed by atoms with Crippen LogP contribution in [0.5, 0.6) is 0 Å². The van der Waals surface area contributed by atoms with Gasteiger partial charge in [0.25, 0.3) is 0 Å². The third kappa shape index (κ3) is 2.31. The molecule has 52 valence electrons. The zero-order valence-electron chi connectivity index (χ0n) is 6.10. The van der Waals surface area contributed by atoms with Crippen molar-refractivity contribution in [2.24, 2.45) is 5.41 Å². The van der Waals surface area contributed by atoms with E-state index < -0.39 is 0 Å². The summed E-state index contributed by atoms with van der Waals surface area (Å²) < 4.78 is 0. The van der Waals surface area contributed by atoms with Crippen LogP contribution in [-0.2, 0) is 0 Å². The van der Waals surface area contributed by atoms with Crippen LogP contribution in [0.3, 0.4) is 0 Å². The highest BCUT2D eigenvalue weighted by Crippen LogP contribution is 2.22. The molecule has 2 N–H and O–H groups in total. The molecule has 0 aliphatic carbocycles. The van der Waals surface area contributed by atoms with E-state index in [1.54, 1.807) is 0 Å². The molecule has 0 saturated carbocycles. The molecule has 2 heteroatoms. The number of nitrogens with one attached hydrogen (secondary N) is 1. The summed E-state index contributed by atoms with van der Waals surface area (Å²) in [5, 5.41) is 15.4. The fourth-order valence-corrected chi connectivity index (χ4v) is 0.447. The van der Waals surface area contributed by atoms with Crippen LogP contribution in [0.1, 0.15) is 20.8 Å². The Balaban J connectivity index is 4.32. The molecule has 0 atom stereocenters. The van der Waals surface area contributed by atoms with Gasteiger partial charge in [0, 0.05) is 11.8 Å².